The van der Waals surface area contributed by atoms with E-state index < -0.39 is 5.63 Å². The number of aromatic nitrogens is 2. The molecule has 0 aliphatic carbocycles. The fourth-order valence-electron chi connectivity index (χ4n) is 2.80. The summed E-state index contributed by atoms with van der Waals surface area (Å²) in [6, 6.07) is 18.6. The van der Waals surface area contributed by atoms with Crippen molar-refractivity contribution in [1.82, 2.24) is 15.2 Å². The van der Waals surface area contributed by atoms with Crippen LogP contribution in [0.1, 0.15) is 5.56 Å². The molecule has 2 heterocycles. The zero-order chi connectivity index (χ0) is 19.5. The zero-order valence-corrected chi connectivity index (χ0v) is 15.4. The number of hydrogen-bond acceptors (Lipinski definition) is 5. The Bertz CT molecular complexity index is 1240. The molecule has 8 heteroatoms. The predicted molar refractivity (Wildman–Crippen MR) is 113 cm³/mol. The number of benzene rings is 2. The molecule has 7 nitrogen and oxygen atoms in total. The number of hydrazone groups is 1. The molecule has 0 fully saturated rings. The fourth-order valence-corrected chi connectivity index (χ4v) is 2.85. The molecular weight excluding hydrogens is 374 g/mol. The average Bonchev–Trinajstić information content (AvgIpc) is 3.12. The van der Waals surface area contributed by atoms with Gasteiger partial charge in [-0.05, 0) is 36.5 Å². The van der Waals surface area contributed by atoms with E-state index >= 15 is 0 Å². The van der Waals surface area contributed by atoms with Gasteiger partial charge in [-0.25, -0.2) is 9.48 Å². The van der Waals surface area contributed by atoms with E-state index in [2.05, 4.69) is 15.6 Å². The van der Waals surface area contributed by atoms with Gasteiger partial charge in [0, 0.05) is 17.1 Å². The Kier molecular flexibility index (Phi) is 4.69. The molecule has 0 aliphatic rings. The number of thiocarbonyl (C=S) groups is 1. The Morgan fingerprint density at radius 3 is 2.71 bits per heavy atom. The summed E-state index contributed by atoms with van der Waals surface area (Å²) >= 11 is 4.76. The van der Waals surface area contributed by atoms with Crippen LogP contribution in [0.4, 0.5) is 0 Å². The van der Waals surface area contributed by atoms with Crippen LogP contribution in [0.15, 0.2) is 81.2 Å². The maximum absolute atomic E-state index is 12.6. The smallest absolute Gasteiger partial charge is 0.345 e. The predicted octanol–water partition coefficient (Wildman–Crippen LogP) is 2.81. The van der Waals surface area contributed by atoms with Crippen LogP contribution in [0, 0.1) is 0 Å². The first-order chi connectivity index (χ1) is 13.6. The maximum Gasteiger partial charge on any atom is 0.345 e. The normalized spacial score (nSPS) is 11.1. The zero-order valence-electron chi connectivity index (χ0n) is 14.6. The Hall–Kier alpha value is -3.78. The molecule has 4 aromatic rings. The molecule has 0 radical (unpaired) electrons. The van der Waals surface area contributed by atoms with Crippen molar-refractivity contribution in [3.05, 3.63) is 82.8 Å². The lowest BCUT2D eigenvalue weighted by atomic mass is 10.1. The minimum Gasteiger partial charge on any atom is -0.422 e. The molecule has 0 spiro atoms. The van der Waals surface area contributed by atoms with Gasteiger partial charge in [0.25, 0.3) is 0 Å². The minimum absolute atomic E-state index is 0.0403. The van der Waals surface area contributed by atoms with Gasteiger partial charge in [0.2, 0.25) is 0 Å². The van der Waals surface area contributed by atoms with Gasteiger partial charge in [0.05, 0.1) is 17.5 Å². The second-order valence-electron chi connectivity index (χ2n) is 5.93. The summed E-state index contributed by atoms with van der Waals surface area (Å²) in [5.74, 6) is 0. The van der Waals surface area contributed by atoms with Crippen LogP contribution in [-0.4, -0.2) is 21.1 Å². The number of para-hydroxylation sites is 2. The molecule has 0 unspecified atom stereocenters. The number of hydrogen-bond donors (Lipinski definition) is 2. The van der Waals surface area contributed by atoms with E-state index in [9.17, 15) is 4.79 Å². The highest BCUT2D eigenvalue weighted by molar-refractivity contribution is 7.80. The topological polar surface area (TPSA) is 98.4 Å². The first-order valence-electron chi connectivity index (χ1n) is 8.39. The SMILES string of the molecule is NC(=S)N/N=C\c1cn(-c2ccccc2)nc1-c1cc2ccccc2oc1=O. The van der Waals surface area contributed by atoms with Crippen LogP contribution < -0.4 is 16.8 Å². The van der Waals surface area contributed by atoms with Crippen LogP contribution in [-0.2, 0) is 0 Å². The van der Waals surface area contributed by atoms with Crippen molar-refractivity contribution >= 4 is 34.5 Å². The number of nitrogens with zero attached hydrogens (tertiary/aromatic N) is 3. The number of nitrogens with two attached hydrogens (primary N) is 1. The van der Waals surface area contributed by atoms with Crippen LogP contribution in [0.25, 0.3) is 27.9 Å². The van der Waals surface area contributed by atoms with E-state index in [-0.39, 0.29) is 5.11 Å². The highest BCUT2D eigenvalue weighted by Crippen LogP contribution is 2.23. The van der Waals surface area contributed by atoms with Crippen molar-refractivity contribution in [2.24, 2.45) is 10.8 Å². The van der Waals surface area contributed by atoms with Gasteiger partial charge < -0.3 is 10.2 Å². The van der Waals surface area contributed by atoms with Crippen LogP contribution in [0.5, 0.6) is 0 Å². The van der Waals surface area contributed by atoms with Crippen molar-refractivity contribution in [2.45, 2.75) is 0 Å². The van der Waals surface area contributed by atoms with Crippen molar-refractivity contribution in [2.75, 3.05) is 0 Å². The quantitative estimate of drug-likeness (QED) is 0.241. The van der Waals surface area contributed by atoms with Crippen molar-refractivity contribution in [1.29, 1.82) is 0 Å². The third-order valence-corrected chi connectivity index (χ3v) is 4.13. The first kappa shape index (κ1) is 17.6. The molecule has 3 N–H and O–H groups in total. The number of nitrogens with one attached hydrogen (secondary N) is 1. The lowest BCUT2D eigenvalue weighted by Gasteiger charge is -2.01. The summed E-state index contributed by atoms with van der Waals surface area (Å²) in [6.07, 6.45) is 3.28. The first-order valence-corrected chi connectivity index (χ1v) is 8.79. The second-order valence-corrected chi connectivity index (χ2v) is 6.37. The van der Waals surface area contributed by atoms with Crippen molar-refractivity contribution in [3.63, 3.8) is 0 Å². The molecule has 0 aliphatic heterocycles. The van der Waals surface area contributed by atoms with Gasteiger partial charge in [-0.3, -0.25) is 5.43 Å². The van der Waals surface area contributed by atoms with Crippen LogP contribution in [0.3, 0.4) is 0 Å². The van der Waals surface area contributed by atoms with Gasteiger partial charge in [0.15, 0.2) is 5.11 Å². The van der Waals surface area contributed by atoms with E-state index in [0.717, 1.165) is 11.1 Å². The average molecular weight is 389 g/mol. The molecular formula is C20H15N5O2S. The molecule has 4 rings (SSSR count). The molecule has 0 saturated carbocycles. The standard InChI is InChI=1S/C20H15N5O2S/c21-20(28)23-22-11-14-12-25(15-7-2-1-3-8-15)24-18(14)16-10-13-6-4-5-9-17(13)27-19(16)26/h1-12H,(H3,21,23,28)/b22-11-. The second kappa shape index (κ2) is 7.45. The summed E-state index contributed by atoms with van der Waals surface area (Å²) in [6.45, 7) is 0. The highest BCUT2D eigenvalue weighted by atomic mass is 32.1. The summed E-state index contributed by atoms with van der Waals surface area (Å²) in [4.78, 5) is 12.6. The van der Waals surface area contributed by atoms with E-state index in [0.29, 0.717) is 22.4 Å². The van der Waals surface area contributed by atoms with Gasteiger partial charge in [-0.1, -0.05) is 36.4 Å². The Morgan fingerprint density at radius 1 is 1.18 bits per heavy atom. The molecule has 0 bridgehead atoms. The number of fused-ring (bicyclic) bond motifs is 1. The van der Waals surface area contributed by atoms with E-state index in [1.165, 1.54) is 6.21 Å². The molecule has 0 atom stereocenters. The van der Waals surface area contributed by atoms with E-state index in [1.54, 1.807) is 23.0 Å². The molecule has 0 amide bonds. The van der Waals surface area contributed by atoms with Gasteiger partial charge in [0.1, 0.15) is 11.3 Å². The lowest BCUT2D eigenvalue weighted by molar-refractivity contribution is 0.563. The summed E-state index contributed by atoms with van der Waals surface area (Å²) < 4.78 is 7.13. The van der Waals surface area contributed by atoms with Crippen LogP contribution in [0.2, 0.25) is 0 Å². The minimum atomic E-state index is -0.478. The third kappa shape index (κ3) is 3.53. The summed E-state index contributed by atoms with van der Waals surface area (Å²) in [5, 5.41) is 9.43. The Labute approximate surface area is 165 Å². The van der Waals surface area contributed by atoms with Gasteiger partial charge in [-0.15, -0.1) is 0 Å². The monoisotopic (exact) mass is 389 g/mol. The Balaban J connectivity index is 1.88. The maximum atomic E-state index is 12.6. The highest BCUT2D eigenvalue weighted by Gasteiger charge is 2.16. The summed E-state index contributed by atoms with van der Waals surface area (Å²) in [7, 11) is 0. The molecule has 138 valence electrons. The molecule has 28 heavy (non-hydrogen) atoms. The van der Waals surface area contributed by atoms with Gasteiger partial charge in [-0.2, -0.15) is 10.2 Å². The molecule has 2 aromatic carbocycles. The number of rotatable bonds is 4. The molecule has 0 saturated heterocycles. The van der Waals surface area contributed by atoms with Crippen molar-refractivity contribution < 1.29 is 4.42 Å². The van der Waals surface area contributed by atoms with E-state index in [4.69, 9.17) is 22.4 Å². The fraction of sp³-hybridized carbons (Fsp3) is 0. The third-order valence-electron chi connectivity index (χ3n) is 4.04. The van der Waals surface area contributed by atoms with E-state index in [1.807, 2.05) is 48.5 Å². The van der Waals surface area contributed by atoms with Gasteiger partial charge >= 0.3 is 5.63 Å². The largest absolute Gasteiger partial charge is 0.422 e. The Morgan fingerprint density at radius 2 is 1.93 bits per heavy atom. The summed E-state index contributed by atoms with van der Waals surface area (Å²) in [5.41, 5.74) is 10.2. The molecule has 2 aromatic heterocycles. The van der Waals surface area contributed by atoms with Crippen molar-refractivity contribution in [3.8, 4) is 16.9 Å². The van der Waals surface area contributed by atoms with Crippen LogP contribution >= 0.6 is 12.2 Å². The lowest BCUT2D eigenvalue weighted by Crippen LogP contribution is -2.24.